The van der Waals surface area contributed by atoms with Gasteiger partial charge >= 0.3 is 12.2 Å². The van der Waals surface area contributed by atoms with Gasteiger partial charge in [-0.1, -0.05) is 11.8 Å². The number of urea groups is 1. The minimum Gasteiger partial charge on any atom is -0.351 e. The maximum absolute atomic E-state index is 12.3. The molecular formula is C10H10F3N3O2S. The predicted molar refractivity (Wildman–Crippen MR) is 62.3 cm³/mol. The number of nitrogens with zero attached hydrogens (tertiary/aromatic N) is 1. The summed E-state index contributed by atoms with van der Waals surface area (Å²) in [5.74, 6) is -0.640. The lowest BCUT2D eigenvalue weighted by atomic mass is 10.3. The molecule has 0 aliphatic rings. The molecular weight excluding hydrogens is 283 g/mol. The van der Waals surface area contributed by atoms with E-state index in [4.69, 9.17) is 5.73 Å². The van der Waals surface area contributed by atoms with E-state index in [2.05, 4.69) is 4.98 Å². The van der Waals surface area contributed by atoms with Gasteiger partial charge in [0.25, 0.3) is 0 Å². The fourth-order valence-corrected chi connectivity index (χ4v) is 1.86. The zero-order valence-corrected chi connectivity index (χ0v) is 10.5. The van der Waals surface area contributed by atoms with Gasteiger partial charge in [0.2, 0.25) is 5.91 Å². The second-order valence-corrected chi connectivity index (χ2v) is 4.86. The van der Waals surface area contributed by atoms with Gasteiger partial charge < -0.3 is 5.73 Å². The molecule has 0 saturated carbocycles. The molecule has 0 radical (unpaired) electrons. The highest BCUT2D eigenvalue weighted by Gasteiger charge is 2.30. The number of hydrogen-bond donors (Lipinski definition) is 2. The Morgan fingerprint density at radius 3 is 2.47 bits per heavy atom. The van der Waals surface area contributed by atoms with Crippen molar-refractivity contribution < 1.29 is 22.8 Å². The smallest absolute Gasteiger partial charge is 0.351 e. The van der Waals surface area contributed by atoms with Crippen LogP contribution < -0.4 is 11.1 Å². The molecule has 19 heavy (non-hydrogen) atoms. The summed E-state index contributed by atoms with van der Waals surface area (Å²) in [5, 5.41) is 1.39. The molecule has 1 rings (SSSR count). The van der Waals surface area contributed by atoms with E-state index in [1.54, 1.807) is 0 Å². The lowest BCUT2D eigenvalue weighted by molar-refractivity contribution is -0.137. The highest BCUT2D eigenvalue weighted by atomic mass is 32.2. The van der Waals surface area contributed by atoms with Gasteiger partial charge in [-0.2, -0.15) is 13.2 Å². The van der Waals surface area contributed by atoms with E-state index in [0.717, 1.165) is 23.9 Å². The number of nitrogens with two attached hydrogens (primary N) is 1. The minimum atomic E-state index is -4.45. The van der Waals surface area contributed by atoms with Gasteiger partial charge in [0, 0.05) is 6.20 Å². The molecule has 9 heteroatoms. The monoisotopic (exact) mass is 293 g/mol. The summed E-state index contributed by atoms with van der Waals surface area (Å²) in [4.78, 5) is 25.4. The molecule has 0 aliphatic heterocycles. The van der Waals surface area contributed by atoms with Crippen LogP contribution in [0.5, 0.6) is 0 Å². The minimum absolute atomic E-state index is 0.236. The van der Waals surface area contributed by atoms with E-state index in [1.807, 2.05) is 5.32 Å². The van der Waals surface area contributed by atoms with E-state index in [9.17, 15) is 22.8 Å². The third-order valence-corrected chi connectivity index (χ3v) is 3.03. The molecule has 1 aromatic rings. The van der Waals surface area contributed by atoms with Gasteiger partial charge in [0.05, 0.1) is 15.8 Å². The number of imide groups is 1. The van der Waals surface area contributed by atoms with Gasteiger partial charge in [-0.25, -0.2) is 9.78 Å². The summed E-state index contributed by atoms with van der Waals surface area (Å²) in [5.41, 5.74) is 3.90. The highest BCUT2D eigenvalue weighted by molar-refractivity contribution is 8.00. The molecule has 0 fully saturated rings. The van der Waals surface area contributed by atoms with Crippen molar-refractivity contribution in [1.29, 1.82) is 0 Å². The first-order valence-corrected chi connectivity index (χ1v) is 5.88. The molecule has 0 unspecified atom stereocenters. The predicted octanol–water partition coefficient (Wildman–Crippen LogP) is 1.78. The van der Waals surface area contributed by atoms with Crippen molar-refractivity contribution in [3.63, 3.8) is 0 Å². The number of halogens is 3. The van der Waals surface area contributed by atoms with Crippen molar-refractivity contribution >= 4 is 23.7 Å². The van der Waals surface area contributed by atoms with Crippen molar-refractivity contribution in [3.8, 4) is 0 Å². The molecule has 0 saturated heterocycles. The van der Waals surface area contributed by atoms with Gasteiger partial charge in [0.1, 0.15) is 0 Å². The van der Waals surface area contributed by atoms with Crippen LogP contribution >= 0.6 is 11.8 Å². The topological polar surface area (TPSA) is 85.1 Å². The number of alkyl halides is 3. The summed E-state index contributed by atoms with van der Waals surface area (Å²) in [7, 11) is 0. The summed E-state index contributed by atoms with van der Waals surface area (Å²) < 4.78 is 36.9. The van der Waals surface area contributed by atoms with Crippen molar-refractivity contribution in [1.82, 2.24) is 10.3 Å². The Hall–Kier alpha value is -1.77. The highest BCUT2D eigenvalue weighted by Crippen LogP contribution is 2.30. The molecule has 5 nitrogen and oxygen atoms in total. The normalized spacial score (nSPS) is 12.8. The number of nitrogens with one attached hydrogen (secondary N) is 1. The maximum atomic E-state index is 12.3. The molecule has 0 spiro atoms. The second-order valence-electron chi connectivity index (χ2n) is 3.50. The van der Waals surface area contributed by atoms with Gasteiger partial charge in [-0.15, -0.1) is 0 Å². The van der Waals surface area contributed by atoms with Crippen molar-refractivity contribution in [3.05, 3.63) is 23.9 Å². The Kier molecular flexibility index (Phi) is 4.76. The molecule has 0 aliphatic carbocycles. The molecule has 0 aromatic carbocycles. The largest absolute Gasteiger partial charge is 0.417 e. The summed E-state index contributed by atoms with van der Waals surface area (Å²) in [6.45, 7) is 1.47. The first-order chi connectivity index (χ1) is 8.70. The van der Waals surface area contributed by atoms with Crippen LogP contribution in [0.25, 0.3) is 0 Å². The van der Waals surface area contributed by atoms with Crippen LogP contribution in [-0.4, -0.2) is 22.2 Å². The number of pyridine rings is 1. The fourth-order valence-electron chi connectivity index (χ4n) is 1.08. The third-order valence-electron chi connectivity index (χ3n) is 1.98. The maximum Gasteiger partial charge on any atom is 0.417 e. The van der Waals surface area contributed by atoms with E-state index in [0.29, 0.717) is 6.20 Å². The Balaban J connectivity index is 2.68. The first-order valence-electron chi connectivity index (χ1n) is 5.00. The van der Waals surface area contributed by atoms with E-state index in [-0.39, 0.29) is 5.03 Å². The number of amides is 3. The van der Waals surface area contributed by atoms with Crippen molar-refractivity contribution in [2.24, 2.45) is 5.73 Å². The number of rotatable bonds is 3. The zero-order valence-electron chi connectivity index (χ0n) is 9.69. The molecule has 1 aromatic heterocycles. The molecule has 104 valence electrons. The van der Waals surface area contributed by atoms with Crippen LogP contribution in [0.4, 0.5) is 18.0 Å². The van der Waals surface area contributed by atoms with Crippen LogP contribution in [0.3, 0.4) is 0 Å². The van der Waals surface area contributed by atoms with Crippen molar-refractivity contribution in [2.45, 2.75) is 23.4 Å². The van der Waals surface area contributed by atoms with E-state index in [1.165, 1.54) is 6.92 Å². The Morgan fingerprint density at radius 2 is 2.05 bits per heavy atom. The van der Waals surface area contributed by atoms with Crippen molar-refractivity contribution in [2.75, 3.05) is 0 Å². The second kappa shape index (κ2) is 5.91. The number of carbonyl (C=O) groups is 2. The van der Waals surface area contributed by atoms with Crippen LogP contribution in [0, 0.1) is 0 Å². The number of thioether (sulfide) groups is 1. The van der Waals surface area contributed by atoms with Gasteiger partial charge in [-0.3, -0.25) is 10.1 Å². The molecule has 1 heterocycles. The quantitative estimate of drug-likeness (QED) is 0.832. The fraction of sp³-hybridized carbons (Fsp3) is 0.300. The van der Waals surface area contributed by atoms with Crippen LogP contribution in [-0.2, 0) is 11.0 Å². The van der Waals surface area contributed by atoms with Gasteiger partial charge in [-0.05, 0) is 19.1 Å². The Bertz CT molecular complexity index is 476. The lowest BCUT2D eigenvalue weighted by Crippen LogP contribution is -2.39. The average Bonchev–Trinajstić information content (AvgIpc) is 2.27. The number of primary amides is 1. The summed E-state index contributed by atoms with van der Waals surface area (Å²) in [6, 6.07) is 1.04. The van der Waals surface area contributed by atoms with Crippen LogP contribution in [0.15, 0.2) is 23.4 Å². The molecule has 0 bridgehead atoms. The van der Waals surface area contributed by atoms with E-state index < -0.39 is 28.9 Å². The first kappa shape index (κ1) is 15.3. The number of hydrogen-bond acceptors (Lipinski definition) is 4. The molecule has 3 N–H and O–H groups in total. The lowest BCUT2D eigenvalue weighted by Gasteiger charge is -2.10. The van der Waals surface area contributed by atoms with Gasteiger partial charge in [0.15, 0.2) is 0 Å². The summed E-state index contributed by atoms with van der Waals surface area (Å²) in [6.07, 6.45) is -3.77. The molecule has 3 amide bonds. The SMILES string of the molecule is C[C@@H](Sc1ccc(C(F)(F)F)cn1)C(=O)NC(N)=O. The van der Waals surface area contributed by atoms with Crippen LogP contribution in [0.1, 0.15) is 12.5 Å². The third kappa shape index (κ3) is 4.78. The Labute approximate surface area is 110 Å². The van der Waals surface area contributed by atoms with E-state index >= 15 is 0 Å². The standard InChI is InChI=1S/C10H10F3N3O2S/c1-5(8(17)16-9(14)18)19-7-3-2-6(4-15-7)10(11,12)13/h2-5H,1H3,(H3,14,16,17,18)/t5-/m1/s1. The van der Waals surface area contributed by atoms with Crippen LogP contribution in [0.2, 0.25) is 0 Å². The number of aromatic nitrogens is 1. The average molecular weight is 293 g/mol. The zero-order chi connectivity index (χ0) is 14.6. The summed E-state index contributed by atoms with van der Waals surface area (Å²) >= 11 is 0.915. The number of carbonyl (C=O) groups excluding carboxylic acids is 2. The Morgan fingerprint density at radius 1 is 1.42 bits per heavy atom. The molecule has 1 atom stereocenters.